The summed E-state index contributed by atoms with van der Waals surface area (Å²) in [7, 11) is 0. The number of hydrogen-bond donors (Lipinski definition) is 0. The number of azo groups is 1. The third kappa shape index (κ3) is 5.29. The van der Waals surface area contributed by atoms with Crippen LogP contribution in [0.2, 0.25) is 0 Å². The molecule has 0 aliphatic heterocycles. The summed E-state index contributed by atoms with van der Waals surface area (Å²) in [5.41, 5.74) is 1.50. The molecule has 2 nitrogen and oxygen atoms in total. The van der Waals surface area contributed by atoms with E-state index in [0.717, 1.165) is 18.6 Å². The van der Waals surface area contributed by atoms with Crippen LogP contribution < -0.4 is 0 Å². The summed E-state index contributed by atoms with van der Waals surface area (Å²) in [6.07, 6.45) is 1.39. The highest BCUT2D eigenvalue weighted by Gasteiger charge is 2.08. The van der Waals surface area contributed by atoms with Crippen molar-refractivity contribution >= 4 is 11.4 Å². The van der Waals surface area contributed by atoms with E-state index in [2.05, 4.69) is 22.1 Å². The van der Waals surface area contributed by atoms with Crippen molar-refractivity contribution in [2.75, 3.05) is 0 Å². The van der Waals surface area contributed by atoms with Crippen molar-refractivity contribution in [2.45, 2.75) is 19.8 Å². The standard InChI is InChI=1S/C23H16F4N2/c1-2-3-16-12-21(25)19(22(26)13-16)10-6-15-4-7-17(8-5-15)28-29-18-9-11-20(24)23(27)14-18/h4-5,7-9,11-14H,2-3H2,1H3. The fourth-order valence-corrected chi connectivity index (χ4v) is 2.59. The van der Waals surface area contributed by atoms with Crippen molar-refractivity contribution in [1.82, 2.24) is 0 Å². The monoisotopic (exact) mass is 396 g/mol. The van der Waals surface area contributed by atoms with Crippen molar-refractivity contribution in [3.8, 4) is 11.8 Å². The fourth-order valence-electron chi connectivity index (χ4n) is 2.59. The summed E-state index contributed by atoms with van der Waals surface area (Å²) in [6, 6.07) is 12.3. The van der Waals surface area contributed by atoms with Gasteiger partial charge in [0.25, 0.3) is 0 Å². The Labute approximate surface area is 165 Å². The second-order valence-corrected chi connectivity index (χ2v) is 6.28. The molecule has 0 spiro atoms. The molecule has 0 unspecified atom stereocenters. The normalized spacial score (nSPS) is 10.8. The summed E-state index contributed by atoms with van der Waals surface area (Å²) in [5.74, 6) is 1.91. The summed E-state index contributed by atoms with van der Waals surface area (Å²) in [6.45, 7) is 1.94. The molecule has 0 amide bonds. The van der Waals surface area contributed by atoms with E-state index in [1.165, 1.54) is 18.2 Å². The third-order valence-corrected chi connectivity index (χ3v) is 4.02. The minimum absolute atomic E-state index is 0.172. The molecule has 0 fully saturated rings. The highest BCUT2D eigenvalue weighted by Crippen LogP contribution is 2.21. The lowest BCUT2D eigenvalue weighted by Gasteiger charge is -2.02. The van der Waals surface area contributed by atoms with Gasteiger partial charge in [-0.2, -0.15) is 10.2 Å². The second-order valence-electron chi connectivity index (χ2n) is 6.28. The first-order valence-corrected chi connectivity index (χ1v) is 8.93. The summed E-state index contributed by atoms with van der Waals surface area (Å²) < 4.78 is 54.2. The van der Waals surface area contributed by atoms with Crippen molar-refractivity contribution < 1.29 is 17.6 Å². The maximum Gasteiger partial charge on any atom is 0.161 e. The lowest BCUT2D eigenvalue weighted by Crippen LogP contribution is -1.94. The molecule has 0 aliphatic carbocycles. The predicted octanol–water partition coefficient (Wildman–Crippen LogP) is 7.01. The Balaban J connectivity index is 1.75. The number of rotatable bonds is 4. The molecule has 3 aromatic carbocycles. The van der Waals surface area contributed by atoms with Crippen LogP contribution in [-0.4, -0.2) is 0 Å². The number of hydrogen-bond acceptors (Lipinski definition) is 2. The minimum Gasteiger partial charge on any atom is -0.206 e. The van der Waals surface area contributed by atoms with Crippen LogP contribution in [0.5, 0.6) is 0 Å². The van der Waals surface area contributed by atoms with Crippen LogP contribution in [0.15, 0.2) is 64.8 Å². The zero-order chi connectivity index (χ0) is 20.8. The highest BCUT2D eigenvalue weighted by molar-refractivity contribution is 5.49. The SMILES string of the molecule is CCCc1cc(F)c(C#Cc2ccc(N=Nc3ccc(F)c(F)c3)cc2)c(F)c1. The van der Waals surface area contributed by atoms with Crippen LogP contribution in [0, 0.1) is 35.1 Å². The summed E-state index contributed by atoms with van der Waals surface area (Å²) in [4.78, 5) is 0. The second kappa shape index (κ2) is 9.16. The van der Waals surface area contributed by atoms with Crippen molar-refractivity contribution in [2.24, 2.45) is 10.2 Å². The fraction of sp³-hybridized carbons (Fsp3) is 0.130. The van der Waals surface area contributed by atoms with Crippen molar-refractivity contribution in [1.29, 1.82) is 0 Å². The van der Waals surface area contributed by atoms with E-state index >= 15 is 0 Å². The Morgan fingerprint density at radius 1 is 0.690 bits per heavy atom. The molecule has 29 heavy (non-hydrogen) atoms. The first-order valence-electron chi connectivity index (χ1n) is 8.93. The molecular formula is C23H16F4N2. The van der Waals surface area contributed by atoms with Gasteiger partial charge in [0.15, 0.2) is 11.6 Å². The molecule has 0 N–H and O–H groups in total. The Morgan fingerprint density at radius 3 is 1.93 bits per heavy atom. The number of nitrogens with zero attached hydrogens (tertiary/aromatic N) is 2. The van der Waals surface area contributed by atoms with Gasteiger partial charge in [-0.25, -0.2) is 17.6 Å². The Kier molecular flexibility index (Phi) is 6.40. The predicted molar refractivity (Wildman–Crippen MR) is 103 cm³/mol. The maximum atomic E-state index is 14.1. The minimum atomic E-state index is -1.01. The van der Waals surface area contributed by atoms with E-state index in [9.17, 15) is 17.6 Å². The van der Waals surface area contributed by atoms with Gasteiger partial charge in [-0.1, -0.05) is 25.2 Å². The molecule has 6 heteroatoms. The van der Waals surface area contributed by atoms with Crippen molar-refractivity contribution in [3.05, 3.63) is 94.6 Å². The van der Waals surface area contributed by atoms with Crippen LogP contribution in [0.4, 0.5) is 28.9 Å². The van der Waals surface area contributed by atoms with Gasteiger partial charge in [-0.3, -0.25) is 0 Å². The van der Waals surface area contributed by atoms with Crippen LogP contribution in [0.25, 0.3) is 0 Å². The largest absolute Gasteiger partial charge is 0.206 e. The number of aryl methyl sites for hydroxylation is 1. The Morgan fingerprint density at radius 2 is 1.31 bits per heavy atom. The Hall–Kier alpha value is -3.46. The maximum absolute atomic E-state index is 14.1. The van der Waals surface area contributed by atoms with E-state index in [1.807, 2.05) is 6.92 Å². The Bertz CT molecular complexity index is 1090. The van der Waals surface area contributed by atoms with Gasteiger partial charge >= 0.3 is 0 Å². The van der Waals surface area contributed by atoms with E-state index < -0.39 is 23.3 Å². The van der Waals surface area contributed by atoms with E-state index in [1.54, 1.807) is 24.3 Å². The van der Waals surface area contributed by atoms with Crippen LogP contribution in [0.1, 0.15) is 30.0 Å². The van der Waals surface area contributed by atoms with Crippen molar-refractivity contribution in [3.63, 3.8) is 0 Å². The zero-order valence-electron chi connectivity index (χ0n) is 15.5. The number of benzene rings is 3. The molecule has 0 atom stereocenters. The summed E-state index contributed by atoms with van der Waals surface area (Å²) >= 11 is 0. The van der Waals surface area contributed by atoms with Gasteiger partial charge in [0.2, 0.25) is 0 Å². The molecule has 0 aromatic heterocycles. The molecule has 146 valence electrons. The van der Waals surface area contributed by atoms with E-state index in [0.29, 0.717) is 23.2 Å². The molecule has 0 saturated carbocycles. The zero-order valence-corrected chi connectivity index (χ0v) is 15.5. The van der Waals surface area contributed by atoms with E-state index in [4.69, 9.17) is 0 Å². The average molecular weight is 396 g/mol. The average Bonchev–Trinajstić information content (AvgIpc) is 2.69. The highest BCUT2D eigenvalue weighted by atomic mass is 19.2. The molecular weight excluding hydrogens is 380 g/mol. The van der Waals surface area contributed by atoms with Gasteiger partial charge in [0.05, 0.1) is 16.9 Å². The first-order chi connectivity index (χ1) is 14.0. The smallest absolute Gasteiger partial charge is 0.161 e. The molecule has 0 radical (unpaired) electrons. The molecule has 0 aliphatic rings. The lowest BCUT2D eigenvalue weighted by molar-refractivity contribution is 0.509. The third-order valence-electron chi connectivity index (χ3n) is 4.02. The molecule has 3 rings (SSSR count). The van der Waals surface area contributed by atoms with Gasteiger partial charge in [0.1, 0.15) is 11.6 Å². The van der Waals surface area contributed by atoms with Gasteiger partial charge < -0.3 is 0 Å². The van der Waals surface area contributed by atoms with Crippen LogP contribution >= 0.6 is 0 Å². The quantitative estimate of drug-likeness (QED) is 0.257. The molecule has 3 aromatic rings. The van der Waals surface area contributed by atoms with E-state index in [-0.39, 0.29) is 11.3 Å². The lowest BCUT2D eigenvalue weighted by atomic mass is 10.1. The van der Waals surface area contributed by atoms with Gasteiger partial charge in [-0.15, -0.1) is 0 Å². The molecule has 0 bridgehead atoms. The molecule has 0 heterocycles. The van der Waals surface area contributed by atoms with Gasteiger partial charge in [-0.05, 0) is 60.5 Å². The topological polar surface area (TPSA) is 24.7 Å². The molecule has 0 saturated heterocycles. The van der Waals surface area contributed by atoms with Crippen LogP contribution in [0.3, 0.4) is 0 Å². The van der Waals surface area contributed by atoms with Crippen LogP contribution in [-0.2, 0) is 6.42 Å². The van der Waals surface area contributed by atoms with Gasteiger partial charge in [0, 0.05) is 11.6 Å². The first kappa shape index (κ1) is 20.3. The number of halogens is 4. The summed E-state index contributed by atoms with van der Waals surface area (Å²) in [5, 5.41) is 7.76.